The van der Waals surface area contributed by atoms with E-state index in [1.807, 2.05) is 6.08 Å². The Labute approximate surface area is 344 Å². The van der Waals surface area contributed by atoms with Crippen LogP contribution in [0.2, 0.25) is 0 Å². The van der Waals surface area contributed by atoms with Crippen molar-refractivity contribution in [3.63, 3.8) is 0 Å². The summed E-state index contributed by atoms with van der Waals surface area (Å²) in [6.07, 6.45) is 62.8. The van der Waals surface area contributed by atoms with Gasteiger partial charge in [-0.05, 0) is 44.9 Å². The van der Waals surface area contributed by atoms with Crippen LogP contribution in [0.5, 0.6) is 0 Å². The van der Waals surface area contributed by atoms with E-state index in [-0.39, 0.29) is 12.5 Å². The molecule has 4 heteroatoms. The largest absolute Gasteiger partial charge is 0.394 e. The normalized spacial score (nSPS) is 13.2. The molecular formula is C51H97NO3. The lowest BCUT2D eigenvalue weighted by molar-refractivity contribution is -0.123. The molecule has 3 N–H and O–H groups in total. The maximum atomic E-state index is 12.4. The van der Waals surface area contributed by atoms with E-state index in [1.165, 1.54) is 205 Å². The molecule has 55 heavy (non-hydrogen) atoms. The van der Waals surface area contributed by atoms with E-state index in [1.54, 1.807) is 6.08 Å². The van der Waals surface area contributed by atoms with Crippen LogP contribution in [0.25, 0.3) is 0 Å². The van der Waals surface area contributed by atoms with Gasteiger partial charge in [0.2, 0.25) is 5.91 Å². The van der Waals surface area contributed by atoms with Gasteiger partial charge in [-0.15, -0.1) is 0 Å². The second kappa shape index (κ2) is 47.0. The smallest absolute Gasteiger partial charge is 0.220 e. The third kappa shape index (κ3) is 43.6. The van der Waals surface area contributed by atoms with E-state index in [0.717, 1.165) is 38.5 Å². The summed E-state index contributed by atoms with van der Waals surface area (Å²) in [5, 5.41) is 23.0. The lowest BCUT2D eigenvalue weighted by Crippen LogP contribution is -2.45. The van der Waals surface area contributed by atoms with Gasteiger partial charge < -0.3 is 15.5 Å². The van der Waals surface area contributed by atoms with E-state index in [9.17, 15) is 15.0 Å². The Balaban J connectivity index is 3.51. The molecule has 0 saturated carbocycles. The van der Waals surface area contributed by atoms with E-state index in [0.29, 0.717) is 6.42 Å². The number of aliphatic hydroxyl groups excluding tert-OH is 2. The van der Waals surface area contributed by atoms with Crippen LogP contribution in [0.15, 0.2) is 36.5 Å². The molecule has 0 radical (unpaired) electrons. The lowest BCUT2D eigenvalue weighted by Gasteiger charge is -2.19. The van der Waals surface area contributed by atoms with Crippen LogP contribution in [0, 0.1) is 0 Å². The highest BCUT2D eigenvalue weighted by molar-refractivity contribution is 5.76. The van der Waals surface area contributed by atoms with Gasteiger partial charge in [0.15, 0.2) is 0 Å². The van der Waals surface area contributed by atoms with Gasteiger partial charge in [-0.2, -0.15) is 0 Å². The van der Waals surface area contributed by atoms with Crippen LogP contribution in [0.3, 0.4) is 0 Å². The first-order valence-electron chi connectivity index (χ1n) is 24.7. The van der Waals surface area contributed by atoms with Gasteiger partial charge in [-0.25, -0.2) is 0 Å². The number of aliphatic hydroxyl groups is 2. The molecular weight excluding hydrogens is 675 g/mol. The monoisotopic (exact) mass is 772 g/mol. The van der Waals surface area contributed by atoms with Crippen molar-refractivity contribution in [1.82, 2.24) is 5.32 Å². The minimum atomic E-state index is -0.867. The SMILES string of the molecule is CCCCCCCC/C=C/CC/C=C/CC/C=C/C(O)C(CO)NC(=O)CCCCCCCCCCCCCCCCCCCCCCCCCCCCC. The summed E-state index contributed by atoms with van der Waals surface area (Å²) in [7, 11) is 0. The van der Waals surface area contributed by atoms with Crippen molar-refractivity contribution in [3.8, 4) is 0 Å². The summed E-state index contributed by atoms with van der Waals surface area (Å²) in [4.78, 5) is 12.4. The molecule has 0 bridgehead atoms. The van der Waals surface area contributed by atoms with Gasteiger partial charge in [0.25, 0.3) is 0 Å². The average molecular weight is 772 g/mol. The molecule has 0 rings (SSSR count). The second-order valence-corrected chi connectivity index (χ2v) is 16.9. The Morgan fingerprint density at radius 2 is 0.709 bits per heavy atom. The maximum Gasteiger partial charge on any atom is 0.220 e. The first kappa shape index (κ1) is 53.6. The van der Waals surface area contributed by atoms with Crippen molar-refractivity contribution >= 4 is 5.91 Å². The summed E-state index contributed by atoms with van der Waals surface area (Å²) in [6.45, 7) is 4.30. The Kier molecular flexibility index (Phi) is 45.8. The number of hydrogen-bond acceptors (Lipinski definition) is 3. The van der Waals surface area contributed by atoms with Crippen molar-refractivity contribution in [2.45, 2.75) is 276 Å². The van der Waals surface area contributed by atoms with Gasteiger partial charge in [0, 0.05) is 6.42 Å². The highest BCUT2D eigenvalue weighted by atomic mass is 16.3. The average Bonchev–Trinajstić information content (AvgIpc) is 3.19. The van der Waals surface area contributed by atoms with Crippen LogP contribution in [-0.4, -0.2) is 34.9 Å². The van der Waals surface area contributed by atoms with Crippen molar-refractivity contribution < 1.29 is 15.0 Å². The van der Waals surface area contributed by atoms with Gasteiger partial charge in [0.1, 0.15) is 0 Å². The summed E-state index contributed by atoms with van der Waals surface area (Å²) in [6, 6.07) is -0.642. The van der Waals surface area contributed by atoms with Crippen molar-refractivity contribution in [3.05, 3.63) is 36.5 Å². The van der Waals surface area contributed by atoms with Crippen LogP contribution >= 0.6 is 0 Å². The van der Waals surface area contributed by atoms with E-state index in [2.05, 4.69) is 43.5 Å². The molecule has 1 amide bonds. The third-order valence-corrected chi connectivity index (χ3v) is 11.4. The molecule has 4 nitrogen and oxygen atoms in total. The molecule has 0 spiro atoms. The number of allylic oxidation sites excluding steroid dienone is 5. The molecule has 2 unspecified atom stereocenters. The Hall–Kier alpha value is -1.39. The van der Waals surface area contributed by atoms with E-state index >= 15 is 0 Å². The highest BCUT2D eigenvalue weighted by Gasteiger charge is 2.17. The van der Waals surface area contributed by atoms with Gasteiger partial charge in [-0.1, -0.05) is 249 Å². The highest BCUT2D eigenvalue weighted by Crippen LogP contribution is 2.16. The number of nitrogens with one attached hydrogen (secondary N) is 1. The number of rotatable bonds is 45. The van der Waals surface area contributed by atoms with Gasteiger partial charge >= 0.3 is 0 Å². The standard InChI is InChI=1S/C51H97NO3/c1-3-5-7-9-11-13-15-17-19-21-22-23-24-25-26-27-28-29-30-31-33-35-37-39-41-43-45-47-51(55)52-49(48-53)50(54)46-44-42-40-38-36-34-32-20-18-16-14-12-10-8-6-4-2/h18,20,36,38,44,46,49-50,53-54H,3-17,19,21-35,37,39-43,45,47-48H2,1-2H3,(H,52,55)/b20-18+,38-36+,46-44+. The van der Waals surface area contributed by atoms with Crippen molar-refractivity contribution in [2.24, 2.45) is 0 Å². The Morgan fingerprint density at radius 3 is 1.05 bits per heavy atom. The molecule has 2 atom stereocenters. The molecule has 0 fully saturated rings. The van der Waals surface area contributed by atoms with Crippen LogP contribution < -0.4 is 5.32 Å². The van der Waals surface area contributed by atoms with E-state index in [4.69, 9.17) is 0 Å². The molecule has 0 aromatic rings. The first-order chi connectivity index (χ1) is 27.2. The zero-order valence-electron chi connectivity index (χ0n) is 37.2. The van der Waals surface area contributed by atoms with E-state index < -0.39 is 12.1 Å². The maximum absolute atomic E-state index is 12.4. The molecule has 0 aromatic heterocycles. The molecule has 324 valence electrons. The zero-order valence-corrected chi connectivity index (χ0v) is 37.2. The topological polar surface area (TPSA) is 69.6 Å². The number of carbonyl (C=O) groups is 1. The van der Waals surface area contributed by atoms with Crippen molar-refractivity contribution in [2.75, 3.05) is 6.61 Å². The third-order valence-electron chi connectivity index (χ3n) is 11.4. The molecule has 0 heterocycles. The van der Waals surface area contributed by atoms with Crippen LogP contribution in [0.1, 0.15) is 264 Å². The predicted molar refractivity (Wildman–Crippen MR) is 244 cm³/mol. The molecule has 0 aliphatic rings. The molecule has 0 saturated heterocycles. The minimum Gasteiger partial charge on any atom is -0.394 e. The molecule has 0 aliphatic carbocycles. The van der Waals surface area contributed by atoms with Crippen LogP contribution in [0.4, 0.5) is 0 Å². The summed E-state index contributed by atoms with van der Waals surface area (Å²) < 4.78 is 0. The molecule has 0 aliphatic heterocycles. The number of carbonyl (C=O) groups excluding carboxylic acids is 1. The lowest BCUT2D eigenvalue weighted by atomic mass is 10.0. The Morgan fingerprint density at radius 1 is 0.418 bits per heavy atom. The second-order valence-electron chi connectivity index (χ2n) is 16.9. The number of amides is 1. The summed E-state index contributed by atoms with van der Waals surface area (Å²) >= 11 is 0. The predicted octanol–water partition coefficient (Wildman–Crippen LogP) is 15.7. The number of hydrogen-bond donors (Lipinski definition) is 3. The molecule has 0 aromatic carbocycles. The fourth-order valence-corrected chi connectivity index (χ4v) is 7.56. The summed E-state index contributed by atoms with van der Waals surface area (Å²) in [5.74, 6) is -0.0740. The zero-order chi connectivity index (χ0) is 40.0. The fraction of sp³-hybridized carbons (Fsp3) is 0.863. The quantitative estimate of drug-likeness (QED) is 0.0426. The Bertz CT molecular complexity index is 836. The first-order valence-corrected chi connectivity index (χ1v) is 24.7. The van der Waals surface area contributed by atoms with Gasteiger partial charge in [0.05, 0.1) is 18.8 Å². The van der Waals surface area contributed by atoms with Crippen LogP contribution in [-0.2, 0) is 4.79 Å². The van der Waals surface area contributed by atoms with Gasteiger partial charge in [-0.3, -0.25) is 4.79 Å². The summed E-state index contributed by atoms with van der Waals surface area (Å²) in [5.41, 5.74) is 0. The fourth-order valence-electron chi connectivity index (χ4n) is 7.56. The minimum absolute atomic E-state index is 0.0740. The number of unbranched alkanes of at least 4 members (excludes halogenated alkanes) is 34. The van der Waals surface area contributed by atoms with Crippen molar-refractivity contribution in [1.29, 1.82) is 0 Å².